The van der Waals surface area contributed by atoms with Crippen LogP contribution >= 0.6 is 0 Å². The molecule has 0 radical (unpaired) electrons. The van der Waals surface area contributed by atoms with Crippen LogP contribution in [0.25, 0.3) is 0 Å². The highest BCUT2D eigenvalue weighted by molar-refractivity contribution is 7.89. The summed E-state index contributed by atoms with van der Waals surface area (Å²) in [5, 5.41) is 11.8. The monoisotopic (exact) mass is 455 g/mol. The summed E-state index contributed by atoms with van der Waals surface area (Å²) in [5.41, 5.74) is 1.87. The van der Waals surface area contributed by atoms with Crippen LogP contribution in [0.3, 0.4) is 0 Å². The number of nitriles is 1. The van der Waals surface area contributed by atoms with Gasteiger partial charge in [-0.1, -0.05) is 36.4 Å². The molecule has 1 saturated carbocycles. The third-order valence-corrected chi connectivity index (χ3v) is 9.23. The molecule has 1 aliphatic carbocycles. The minimum absolute atomic E-state index is 0.0340. The third-order valence-electron chi connectivity index (χ3n) is 6.86. The Morgan fingerprint density at radius 2 is 1.78 bits per heavy atom. The fourth-order valence-corrected chi connectivity index (χ4v) is 7.08. The Balaban J connectivity index is 1.47. The van der Waals surface area contributed by atoms with Gasteiger partial charge in [0.25, 0.3) is 0 Å². The summed E-state index contributed by atoms with van der Waals surface area (Å²) in [7, 11) is -3.60. The molecule has 1 aliphatic heterocycles. The molecule has 2 aliphatic rings. The van der Waals surface area contributed by atoms with Gasteiger partial charge in [0, 0.05) is 35.8 Å². The summed E-state index contributed by atoms with van der Waals surface area (Å²) in [5.74, 6) is -0.273. The Labute approximate surface area is 190 Å². The predicted molar refractivity (Wildman–Crippen MR) is 124 cm³/mol. The zero-order chi connectivity index (χ0) is 22.7. The van der Waals surface area contributed by atoms with Crippen molar-refractivity contribution in [1.29, 1.82) is 5.26 Å². The lowest BCUT2D eigenvalue weighted by molar-refractivity contribution is 0.279. The van der Waals surface area contributed by atoms with Gasteiger partial charge in [-0.05, 0) is 63.1 Å². The van der Waals surface area contributed by atoms with Crippen molar-refractivity contribution in [3.05, 3.63) is 65.5 Å². The molecule has 4 rings (SSSR count). The first-order valence-corrected chi connectivity index (χ1v) is 12.9. The van der Waals surface area contributed by atoms with E-state index < -0.39 is 21.1 Å². The molecule has 1 heterocycles. The summed E-state index contributed by atoms with van der Waals surface area (Å²) in [4.78, 5) is 0. The second-order valence-electron chi connectivity index (χ2n) is 9.04. The maximum absolute atomic E-state index is 15.0. The maximum Gasteiger partial charge on any atom is 0.221 e. The van der Waals surface area contributed by atoms with E-state index in [9.17, 15) is 12.8 Å². The van der Waals surface area contributed by atoms with E-state index in [1.807, 2.05) is 43.3 Å². The van der Waals surface area contributed by atoms with Gasteiger partial charge < -0.3 is 5.32 Å². The average Bonchev–Trinajstić information content (AvgIpc) is 2.79. The first-order chi connectivity index (χ1) is 15.4. The number of sulfonamides is 1. The number of hydrogen-bond donors (Lipinski definition) is 1. The van der Waals surface area contributed by atoms with Crippen molar-refractivity contribution in [2.24, 2.45) is 5.92 Å². The molecule has 1 N–H and O–H groups in total. The Hall–Kier alpha value is -2.43. The van der Waals surface area contributed by atoms with Gasteiger partial charge in [0.05, 0.1) is 6.07 Å². The molecule has 0 bridgehead atoms. The molecule has 1 unspecified atom stereocenters. The molecule has 32 heavy (non-hydrogen) atoms. The number of benzene rings is 2. The van der Waals surface area contributed by atoms with Gasteiger partial charge >= 0.3 is 0 Å². The Morgan fingerprint density at radius 1 is 1.06 bits per heavy atom. The smallest absolute Gasteiger partial charge is 0.221 e. The van der Waals surface area contributed by atoms with E-state index in [0.29, 0.717) is 17.7 Å². The van der Waals surface area contributed by atoms with E-state index in [4.69, 9.17) is 5.26 Å². The fourth-order valence-electron chi connectivity index (χ4n) is 4.89. The Morgan fingerprint density at radius 3 is 2.44 bits per heavy atom. The van der Waals surface area contributed by atoms with Gasteiger partial charge in [0.15, 0.2) is 0 Å². The molecule has 2 atom stereocenters. The number of nitrogens with one attached hydrogen (secondary N) is 1. The van der Waals surface area contributed by atoms with E-state index in [2.05, 4.69) is 11.4 Å². The van der Waals surface area contributed by atoms with Crippen LogP contribution < -0.4 is 5.32 Å². The fraction of sp³-hybridized carbons (Fsp3) is 0.480. The SMILES string of the molecule is C[C@H]1CCC(c2ccccc2)S(=O)(=O)N1Cc1ccc(N[C@H]2CC[C@@H](C#N)CC2)cc1F. The van der Waals surface area contributed by atoms with E-state index in [1.165, 1.54) is 10.4 Å². The minimum atomic E-state index is -3.60. The molecule has 1 saturated heterocycles. The van der Waals surface area contributed by atoms with Gasteiger partial charge in [0.2, 0.25) is 10.0 Å². The normalized spacial score (nSPS) is 28.0. The van der Waals surface area contributed by atoms with E-state index >= 15 is 0 Å². The van der Waals surface area contributed by atoms with Crippen molar-refractivity contribution in [3.63, 3.8) is 0 Å². The standard InChI is InChI=1S/C25H30FN3O2S/c1-18-7-14-25(20-5-3-2-4-6-20)32(30,31)29(18)17-21-10-13-23(15-24(21)26)28-22-11-8-19(16-27)9-12-22/h2-6,10,13,15,18-19,22,25,28H,7-9,11-12,14,17H2,1H3/t18-,19-,22+,25?/m0/s1. The zero-order valence-corrected chi connectivity index (χ0v) is 19.2. The van der Waals surface area contributed by atoms with Crippen LogP contribution in [0.5, 0.6) is 0 Å². The first-order valence-electron chi connectivity index (χ1n) is 11.4. The number of rotatable bonds is 5. The second kappa shape index (κ2) is 9.60. The second-order valence-corrected chi connectivity index (χ2v) is 11.1. The Kier molecular flexibility index (Phi) is 6.82. The number of anilines is 1. The Bertz CT molecular complexity index is 1080. The topological polar surface area (TPSA) is 73.2 Å². The van der Waals surface area contributed by atoms with E-state index in [0.717, 1.165) is 37.7 Å². The lowest BCUT2D eigenvalue weighted by Gasteiger charge is -2.37. The molecule has 0 amide bonds. The number of nitrogens with zero attached hydrogens (tertiary/aromatic N) is 2. The molecule has 5 nitrogen and oxygen atoms in total. The van der Waals surface area contributed by atoms with Crippen LogP contribution in [0.1, 0.15) is 61.8 Å². The van der Waals surface area contributed by atoms with Crippen LogP contribution in [-0.4, -0.2) is 24.8 Å². The number of halogens is 1. The first kappa shape index (κ1) is 22.8. The van der Waals surface area contributed by atoms with Gasteiger partial charge in [-0.25, -0.2) is 12.8 Å². The molecular weight excluding hydrogens is 425 g/mol. The average molecular weight is 456 g/mol. The van der Waals surface area contributed by atoms with Crippen molar-refractivity contribution in [2.45, 2.75) is 69.3 Å². The van der Waals surface area contributed by atoms with Crippen LogP contribution in [0.15, 0.2) is 48.5 Å². The zero-order valence-electron chi connectivity index (χ0n) is 18.4. The lowest BCUT2D eigenvalue weighted by Crippen LogP contribution is -2.44. The quantitative estimate of drug-likeness (QED) is 0.657. The van der Waals surface area contributed by atoms with Crippen LogP contribution in [0.4, 0.5) is 10.1 Å². The van der Waals surface area contributed by atoms with Crippen molar-refractivity contribution in [1.82, 2.24) is 4.31 Å². The predicted octanol–water partition coefficient (Wildman–Crippen LogP) is 5.38. The summed E-state index contributed by atoms with van der Waals surface area (Å²) < 4.78 is 43.2. The largest absolute Gasteiger partial charge is 0.382 e. The van der Waals surface area contributed by atoms with Gasteiger partial charge in [0.1, 0.15) is 11.1 Å². The summed E-state index contributed by atoms with van der Waals surface area (Å²) in [6.07, 6.45) is 4.83. The highest BCUT2D eigenvalue weighted by atomic mass is 32.2. The molecule has 0 spiro atoms. The maximum atomic E-state index is 15.0. The number of hydrogen-bond acceptors (Lipinski definition) is 4. The van der Waals surface area contributed by atoms with Crippen LogP contribution in [0, 0.1) is 23.1 Å². The molecule has 0 aromatic heterocycles. The highest BCUT2D eigenvalue weighted by Gasteiger charge is 2.40. The van der Waals surface area contributed by atoms with Crippen LogP contribution in [-0.2, 0) is 16.6 Å². The van der Waals surface area contributed by atoms with Crippen molar-refractivity contribution in [2.75, 3.05) is 5.32 Å². The molecule has 170 valence electrons. The van der Waals surface area contributed by atoms with Gasteiger partial charge in [-0.2, -0.15) is 9.57 Å². The van der Waals surface area contributed by atoms with Crippen molar-refractivity contribution < 1.29 is 12.8 Å². The summed E-state index contributed by atoms with van der Waals surface area (Å²) in [6.45, 7) is 1.93. The molecule has 2 aromatic rings. The summed E-state index contributed by atoms with van der Waals surface area (Å²) >= 11 is 0. The van der Waals surface area contributed by atoms with Crippen molar-refractivity contribution in [3.8, 4) is 6.07 Å². The molecular formula is C25H30FN3O2S. The molecule has 2 fully saturated rings. The van der Waals surface area contributed by atoms with E-state index in [1.54, 1.807) is 6.07 Å². The minimum Gasteiger partial charge on any atom is -0.382 e. The highest BCUT2D eigenvalue weighted by Crippen LogP contribution is 2.38. The lowest BCUT2D eigenvalue weighted by atomic mass is 9.87. The molecule has 7 heteroatoms. The van der Waals surface area contributed by atoms with Gasteiger partial charge in [-0.15, -0.1) is 0 Å². The van der Waals surface area contributed by atoms with Crippen LogP contribution in [0.2, 0.25) is 0 Å². The van der Waals surface area contributed by atoms with E-state index in [-0.39, 0.29) is 24.5 Å². The van der Waals surface area contributed by atoms with Crippen molar-refractivity contribution >= 4 is 15.7 Å². The third kappa shape index (κ3) is 4.82. The van der Waals surface area contributed by atoms with Gasteiger partial charge in [-0.3, -0.25) is 0 Å². The molecule has 2 aromatic carbocycles. The summed E-state index contributed by atoms with van der Waals surface area (Å²) in [6, 6.07) is 16.6.